The minimum Gasteiger partial charge on any atom is -0.539 e. The second kappa shape index (κ2) is 6.36. The van der Waals surface area contributed by atoms with E-state index < -0.39 is 8.32 Å². The summed E-state index contributed by atoms with van der Waals surface area (Å²) in [7, 11) is 0.0285. The summed E-state index contributed by atoms with van der Waals surface area (Å²) >= 11 is 0. The fraction of sp³-hybridized carbons (Fsp3) is 0.500. The van der Waals surface area contributed by atoms with E-state index in [2.05, 4.69) is 31.5 Å². The zero-order chi connectivity index (χ0) is 11.9. The number of methoxy groups -OCH3 is 1. The predicted octanol–water partition coefficient (Wildman–Crippen LogP) is 3.30. The van der Waals surface area contributed by atoms with Crippen molar-refractivity contribution in [3.8, 4) is 11.8 Å². The maximum absolute atomic E-state index is 5.85. The molecule has 0 N–H and O–H groups in total. The SMILES string of the molecule is CO/C=C/C#CC(O[Si](C)(C)C)=C(C)C. The molecule has 0 rings (SSSR count). The van der Waals surface area contributed by atoms with Crippen molar-refractivity contribution in [3.05, 3.63) is 23.7 Å². The third kappa shape index (κ3) is 7.89. The highest BCUT2D eigenvalue weighted by molar-refractivity contribution is 6.70. The Labute approximate surface area is 94.1 Å². The van der Waals surface area contributed by atoms with Crippen LogP contribution >= 0.6 is 0 Å². The molecule has 3 heteroatoms. The Morgan fingerprint density at radius 3 is 2.20 bits per heavy atom. The Bertz CT molecular complexity index is 307. The Hall–Kier alpha value is -1.14. The molecule has 2 nitrogen and oxygen atoms in total. The smallest absolute Gasteiger partial charge is 0.243 e. The monoisotopic (exact) mass is 224 g/mol. The second-order valence-corrected chi connectivity index (χ2v) is 8.78. The molecule has 0 saturated carbocycles. The third-order valence-corrected chi connectivity index (χ3v) is 2.15. The molecule has 0 fully saturated rings. The maximum atomic E-state index is 5.85. The van der Waals surface area contributed by atoms with Crippen molar-refractivity contribution in [2.24, 2.45) is 0 Å². The highest BCUT2D eigenvalue weighted by Gasteiger charge is 2.17. The first-order chi connectivity index (χ1) is 6.87. The van der Waals surface area contributed by atoms with Gasteiger partial charge in [-0.3, -0.25) is 0 Å². The van der Waals surface area contributed by atoms with Gasteiger partial charge in [0.05, 0.1) is 13.4 Å². The van der Waals surface area contributed by atoms with Gasteiger partial charge in [-0.25, -0.2) is 0 Å². The molecule has 0 atom stereocenters. The van der Waals surface area contributed by atoms with Crippen molar-refractivity contribution in [3.63, 3.8) is 0 Å². The van der Waals surface area contributed by atoms with Crippen LogP contribution in [0.3, 0.4) is 0 Å². The number of rotatable bonds is 3. The van der Waals surface area contributed by atoms with Crippen LogP contribution in [-0.2, 0) is 9.16 Å². The zero-order valence-electron chi connectivity index (χ0n) is 10.5. The van der Waals surface area contributed by atoms with Crippen LogP contribution in [0.25, 0.3) is 0 Å². The molecule has 0 saturated heterocycles. The summed E-state index contributed by atoms with van der Waals surface area (Å²) in [5.41, 5.74) is 1.11. The first-order valence-electron chi connectivity index (χ1n) is 4.92. The molecule has 0 aliphatic heterocycles. The van der Waals surface area contributed by atoms with Crippen LogP contribution < -0.4 is 0 Å². The van der Waals surface area contributed by atoms with Crippen molar-refractivity contribution >= 4 is 8.32 Å². The van der Waals surface area contributed by atoms with Gasteiger partial charge in [-0.1, -0.05) is 5.92 Å². The molecular weight excluding hydrogens is 204 g/mol. The normalized spacial score (nSPS) is 10.5. The molecule has 0 aromatic heterocycles. The van der Waals surface area contributed by atoms with E-state index in [-0.39, 0.29) is 0 Å². The Kier molecular flexibility index (Phi) is 5.88. The molecule has 0 aromatic rings. The second-order valence-electron chi connectivity index (χ2n) is 4.35. The topological polar surface area (TPSA) is 18.5 Å². The minimum absolute atomic E-state index is 0.787. The number of hydrogen-bond acceptors (Lipinski definition) is 2. The van der Waals surface area contributed by atoms with Gasteiger partial charge in [-0.15, -0.1) is 0 Å². The van der Waals surface area contributed by atoms with E-state index in [0.717, 1.165) is 11.3 Å². The minimum atomic E-state index is -1.57. The Balaban J connectivity index is 4.64. The van der Waals surface area contributed by atoms with Gasteiger partial charge in [0, 0.05) is 6.08 Å². The van der Waals surface area contributed by atoms with Gasteiger partial charge in [0.15, 0.2) is 5.76 Å². The molecule has 84 valence electrons. The lowest BCUT2D eigenvalue weighted by Crippen LogP contribution is -2.24. The maximum Gasteiger partial charge on any atom is 0.243 e. The number of allylic oxidation sites excluding steroid dienone is 3. The molecule has 0 spiro atoms. The van der Waals surface area contributed by atoms with Gasteiger partial charge >= 0.3 is 0 Å². The van der Waals surface area contributed by atoms with E-state index in [9.17, 15) is 0 Å². The van der Waals surface area contributed by atoms with Crippen molar-refractivity contribution in [1.29, 1.82) is 0 Å². The molecular formula is C12H20O2Si. The van der Waals surface area contributed by atoms with Crippen LogP contribution in [0.1, 0.15) is 13.8 Å². The molecule has 0 heterocycles. The summed E-state index contributed by atoms with van der Waals surface area (Å²) < 4.78 is 10.6. The van der Waals surface area contributed by atoms with E-state index >= 15 is 0 Å². The lowest BCUT2D eigenvalue weighted by molar-refractivity contribution is 0.338. The van der Waals surface area contributed by atoms with Crippen LogP contribution in [0.5, 0.6) is 0 Å². The van der Waals surface area contributed by atoms with Gasteiger partial charge in [-0.05, 0) is 45.0 Å². The number of ether oxygens (including phenoxy) is 1. The molecule has 0 bridgehead atoms. The summed E-state index contributed by atoms with van der Waals surface area (Å²) in [5, 5.41) is 0. The quantitative estimate of drug-likeness (QED) is 0.416. The van der Waals surface area contributed by atoms with Crippen molar-refractivity contribution < 1.29 is 9.16 Å². The van der Waals surface area contributed by atoms with E-state index in [0.29, 0.717) is 0 Å². The largest absolute Gasteiger partial charge is 0.539 e. The van der Waals surface area contributed by atoms with Crippen molar-refractivity contribution in [2.75, 3.05) is 7.11 Å². The molecule has 0 aliphatic rings. The van der Waals surface area contributed by atoms with E-state index in [1.165, 1.54) is 0 Å². The average Bonchev–Trinajstić information content (AvgIpc) is 2.08. The summed E-state index contributed by atoms with van der Waals surface area (Å²) in [4.78, 5) is 0. The van der Waals surface area contributed by atoms with E-state index in [4.69, 9.17) is 9.16 Å². The zero-order valence-corrected chi connectivity index (χ0v) is 11.5. The van der Waals surface area contributed by atoms with Crippen LogP contribution in [0.4, 0.5) is 0 Å². The summed E-state index contributed by atoms with van der Waals surface area (Å²) in [6.07, 6.45) is 3.21. The fourth-order valence-corrected chi connectivity index (χ4v) is 1.64. The van der Waals surface area contributed by atoms with Crippen LogP contribution in [-0.4, -0.2) is 15.4 Å². The molecule has 0 aliphatic carbocycles. The summed E-state index contributed by atoms with van der Waals surface area (Å²) in [5.74, 6) is 6.65. The van der Waals surface area contributed by atoms with Crippen molar-refractivity contribution in [1.82, 2.24) is 0 Å². The van der Waals surface area contributed by atoms with E-state index in [1.54, 1.807) is 19.4 Å². The number of hydrogen-bond donors (Lipinski definition) is 0. The summed E-state index contributed by atoms with van der Waals surface area (Å²) in [6, 6.07) is 0. The van der Waals surface area contributed by atoms with Gasteiger partial charge in [0.25, 0.3) is 0 Å². The standard InChI is InChI=1S/C12H20O2Si/c1-11(2)12(14-15(4,5)6)9-7-8-10-13-3/h8,10H,1-6H3/b10-8+. The Morgan fingerprint density at radius 2 is 1.80 bits per heavy atom. The predicted molar refractivity (Wildman–Crippen MR) is 66.7 cm³/mol. The van der Waals surface area contributed by atoms with Crippen LogP contribution in [0, 0.1) is 11.8 Å². The van der Waals surface area contributed by atoms with Gasteiger partial charge in [0.2, 0.25) is 8.32 Å². The lowest BCUT2D eigenvalue weighted by atomic mass is 10.3. The summed E-state index contributed by atoms with van der Waals surface area (Å²) in [6.45, 7) is 10.4. The highest BCUT2D eigenvalue weighted by Crippen LogP contribution is 2.12. The van der Waals surface area contributed by atoms with Gasteiger partial charge < -0.3 is 9.16 Å². The average molecular weight is 224 g/mol. The molecule has 0 amide bonds. The highest BCUT2D eigenvalue weighted by atomic mass is 28.4. The first-order valence-corrected chi connectivity index (χ1v) is 8.33. The third-order valence-electron chi connectivity index (χ3n) is 1.34. The van der Waals surface area contributed by atoms with Gasteiger partial charge in [0.1, 0.15) is 0 Å². The van der Waals surface area contributed by atoms with Crippen LogP contribution in [0.2, 0.25) is 19.6 Å². The molecule has 0 unspecified atom stereocenters. The van der Waals surface area contributed by atoms with E-state index in [1.807, 2.05) is 13.8 Å². The van der Waals surface area contributed by atoms with Crippen molar-refractivity contribution in [2.45, 2.75) is 33.5 Å². The Morgan fingerprint density at radius 1 is 1.20 bits per heavy atom. The lowest BCUT2D eigenvalue weighted by Gasteiger charge is -2.19. The fourth-order valence-electron chi connectivity index (χ4n) is 0.768. The molecule has 0 radical (unpaired) electrons. The molecule has 0 aromatic carbocycles. The van der Waals surface area contributed by atoms with Crippen LogP contribution in [0.15, 0.2) is 23.7 Å². The first kappa shape index (κ1) is 13.9. The molecule has 15 heavy (non-hydrogen) atoms. The van der Waals surface area contributed by atoms with Gasteiger partial charge in [-0.2, -0.15) is 0 Å².